The number of hydrogen-bond donors (Lipinski definition) is 2. The van der Waals surface area contributed by atoms with Crippen LogP contribution in [0.4, 0.5) is 11.4 Å². The molecule has 0 spiro atoms. The highest BCUT2D eigenvalue weighted by atomic mass is 35.5. The van der Waals surface area contributed by atoms with Gasteiger partial charge in [0.1, 0.15) is 0 Å². The zero-order valence-electron chi connectivity index (χ0n) is 11.3. The van der Waals surface area contributed by atoms with Gasteiger partial charge < -0.3 is 10.6 Å². The molecule has 0 unspecified atom stereocenters. The summed E-state index contributed by atoms with van der Waals surface area (Å²) >= 11 is 6.08. The quantitative estimate of drug-likeness (QED) is 0.786. The fraction of sp³-hybridized carbons (Fsp3) is 0.250. The van der Waals surface area contributed by atoms with Crippen molar-refractivity contribution in [2.24, 2.45) is 0 Å². The maximum absolute atomic E-state index is 6.08. The van der Waals surface area contributed by atoms with E-state index in [1.165, 1.54) is 16.8 Å². The normalized spacial score (nSPS) is 10.3. The van der Waals surface area contributed by atoms with Crippen LogP contribution in [0.3, 0.4) is 0 Å². The molecule has 0 aliphatic rings. The summed E-state index contributed by atoms with van der Waals surface area (Å²) < 4.78 is 0. The molecule has 0 saturated heterocycles. The lowest BCUT2D eigenvalue weighted by Gasteiger charge is -2.12. The second kappa shape index (κ2) is 6.48. The van der Waals surface area contributed by atoms with Crippen molar-refractivity contribution in [3.05, 3.63) is 58.6 Å². The third-order valence-corrected chi connectivity index (χ3v) is 3.34. The summed E-state index contributed by atoms with van der Waals surface area (Å²) in [5.41, 5.74) is 4.73. The molecule has 2 aromatic rings. The number of para-hydroxylation sites is 1. The smallest absolute Gasteiger partial charge is 0.0637 e. The summed E-state index contributed by atoms with van der Waals surface area (Å²) in [4.78, 5) is 0. The second-order valence-corrected chi connectivity index (χ2v) is 5.06. The van der Waals surface area contributed by atoms with E-state index in [-0.39, 0.29) is 0 Å². The third kappa shape index (κ3) is 3.90. The molecule has 0 fully saturated rings. The minimum atomic E-state index is 0.758. The van der Waals surface area contributed by atoms with Gasteiger partial charge >= 0.3 is 0 Å². The van der Waals surface area contributed by atoms with Crippen LogP contribution < -0.4 is 10.6 Å². The second-order valence-electron chi connectivity index (χ2n) is 4.65. The number of nitrogens with one attached hydrogen (secondary N) is 2. The Kier molecular flexibility index (Phi) is 4.69. The Labute approximate surface area is 119 Å². The van der Waals surface area contributed by atoms with E-state index in [0.717, 1.165) is 23.8 Å². The predicted molar refractivity (Wildman–Crippen MR) is 84.3 cm³/mol. The summed E-state index contributed by atoms with van der Waals surface area (Å²) in [7, 11) is 0. The minimum Gasteiger partial charge on any atom is -0.383 e. The Morgan fingerprint density at radius 1 is 0.895 bits per heavy atom. The molecule has 0 aliphatic heterocycles. The van der Waals surface area contributed by atoms with E-state index in [1.54, 1.807) is 0 Å². The van der Waals surface area contributed by atoms with Crippen molar-refractivity contribution in [3.8, 4) is 0 Å². The van der Waals surface area contributed by atoms with Gasteiger partial charge in [0.2, 0.25) is 0 Å². The molecule has 0 amide bonds. The van der Waals surface area contributed by atoms with Crippen LogP contribution in [0.1, 0.15) is 11.1 Å². The minimum absolute atomic E-state index is 0.758. The van der Waals surface area contributed by atoms with Gasteiger partial charge in [0.05, 0.1) is 10.7 Å². The number of benzene rings is 2. The Morgan fingerprint density at radius 3 is 2.26 bits per heavy atom. The first-order chi connectivity index (χ1) is 9.16. The van der Waals surface area contributed by atoms with E-state index in [9.17, 15) is 0 Å². The Balaban J connectivity index is 1.83. The van der Waals surface area contributed by atoms with Gasteiger partial charge in [0, 0.05) is 18.8 Å². The Bertz CT molecular complexity index is 552. The van der Waals surface area contributed by atoms with Crippen molar-refractivity contribution >= 4 is 23.0 Å². The van der Waals surface area contributed by atoms with Crippen LogP contribution in [0.2, 0.25) is 5.02 Å². The predicted octanol–water partition coefficient (Wildman–Crippen LogP) is 4.48. The van der Waals surface area contributed by atoms with Gasteiger partial charge in [-0.1, -0.05) is 41.4 Å². The molecule has 100 valence electrons. The Hall–Kier alpha value is -1.67. The maximum Gasteiger partial charge on any atom is 0.0637 e. The fourth-order valence-corrected chi connectivity index (χ4v) is 2.21. The number of aryl methyl sites for hydroxylation is 2. The van der Waals surface area contributed by atoms with Crippen LogP contribution in [0.25, 0.3) is 0 Å². The molecule has 19 heavy (non-hydrogen) atoms. The van der Waals surface area contributed by atoms with Crippen molar-refractivity contribution in [1.82, 2.24) is 0 Å². The molecular weight excluding hydrogens is 256 g/mol. The molecule has 2 aromatic carbocycles. The van der Waals surface area contributed by atoms with Crippen molar-refractivity contribution in [2.75, 3.05) is 23.7 Å². The van der Waals surface area contributed by atoms with Crippen LogP contribution in [-0.4, -0.2) is 13.1 Å². The zero-order valence-corrected chi connectivity index (χ0v) is 12.1. The number of anilines is 2. The molecule has 2 nitrogen and oxygen atoms in total. The maximum atomic E-state index is 6.08. The lowest BCUT2D eigenvalue weighted by molar-refractivity contribution is 1.07. The topological polar surface area (TPSA) is 24.1 Å². The van der Waals surface area contributed by atoms with Crippen LogP contribution in [0.5, 0.6) is 0 Å². The molecule has 2 N–H and O–H groups in total. The largest absolute Gasteiger partial charge is 0.383 e. The van der Waals surface area contributed by atoms with Crippen molar-refractivity contribution in [3.63, 3.8) is 0 Å². The highest BCUT2D eigenvalue weighted by Gasteiger charge is 1.99. The average Bonchev–Trinajstić information content (AvgIpc) is 2.38. The van der Waals surface area contributed by atoms with Gasteiger partial charge in [0.15, 0.2) is 0 Å². The van der Waals surface area contributed by atoms with Crippen molar-refractivity contribution < 1.29 is 0 Å². The molecule has 0 bridgehead atoms. The molecule has 2 rings (SSSR count). The van der Waals surface area contributed by atoms with Gasteiger partial charge in [-0.3, -0.25) is 0 Å². The standard InChI is InChI=1S/C16H19ClN2/c1-12-7-8-15(13(2)11-12)18-9-10-19-16-6-4-3-5-14(16)17/h3-8,11,18-19H,9-10H2,1-2H3. The van der Waals surface area contributed by atoms with Crippen LogP contribution in [0, 0.1) is 13.8 Å². The molecule has 0 heterocycles. The van der Waals surface area contributed by atoms with E-state index < -0.39 is 0 Å². The molecule has 0 aliphatic carbocycles. The first-order valence-corrected chi connectivity index (χ1v) is 6.84. The highest BCUT2D eigenvalue weighted by molar-refractivity contribution is 6.33. The van der Waals surface area contributed by atoms with Crippen LogP contribution >= 0.6 is 11.6 Å². The number of halogens is 1. The van der Waals surface area contributed by atoms with E-state index in [2.05, 4.69) is 42.7 Å². The summed E-state index contributed by atoms with van der Waals surface area (Å²) in [6.07, 6.45) is 0. The summed E-state index contributed by atoms with van der Waals surface area (Å²) in [5.74, 6) is 0. The van der Waals surface area contributed by atoms with E-state index in [0.29, 0.717) is 0 Å². The summed E-state index contributed by atoms with van der Waals surface area (Å²) in [6, 6.07) is 14.2. The monoisotopic (exact) mass is 274 g/mol. The van der Waals surface area contributed by atoms with Gasteiger partial charge in [-0.25, -0.2) is 0 Å². The summed E-state index contributed by atoms with van der Waals surface area (Å²) in [5, 5.41) is 7.50. The van der Waals surface area contributed by atoms with Gasteiger partial charge in [0.25, 0.3) is 0 Å². The van der Waals surface area contributed by atoms with E-state index >= 15 is 0 Å². The molecule has 0 aromatic heterocycles. The summed E-state index contributed by atoms with van der Waals surface area (Å²) in [6.45, 7) is 5.92. The van der Waals surface area contributed by atoms with Crippen LogP contribution in [0.15, 0.2) is 42.5 Å². The molecule has 0 radical (unpaired) electrons. The lowest BCUT2D eigenvalue weighted by Crippen LogP contribution is -2.14. The van der Waals surface area contributed by atoms with Crippen molar-refractivity contribution in [2.45, 2.75) is 13.8 Å². The number of hydrogen-bond acceptors (Lipinski definition) is 2. The van der Waals surface area contributed by atoms with Gasteiger partial charge in [-0.15, -0.1) is 0 Å². The van der Waals surface area contributed by atoms with Crippen LogP contribution in [-0.2, 0) is 0 Å². The molecule has 3 heteroatoms. The first kappa shape index (κ1) is 13.8. The first-order valence-electron chi connectivity index (χ1n) is 6.46. The highest BCUT2D eigenvalue weighted by Crippen LogP contribution is 2.20. The Morgan fingerprint density at radius 2 is 1.58 bits per heavy atom. The SMILES string of the molecule is Cc1ccc(NCCNc2ccccc2Cl)c(C)c1. The van der Waals surface area contributed by atoms with Gasteiger partial charge in [-0.2, -0.15) is 0 Å². The van der Waals surface area contributed by atoms with E-state index in [4.69, 9.17) is 11.6 Å². The molecule has 0 saturated carbocycles. The van der Waals surface area contributed by atoms with Crippen molar-refractivity contribution in [1.29, 1.82) is 0 Å². The van der Waals surface area contributed by atoms with E-state index in [1.807, 2.05) is 24.3 Å². The number of rotatable bonds is 5. The lowest BCUT2D eigenvalue weighted by atomic mass is 10.1. The molecule has 0 atom stereocenters. The third-order valence-electron chi connectivity index (χ3n) is 3.01. The zero-order chi connectivity index (χ0) is 13.7. The molecular formula is C16H19ClN2. The van der Waals surface area contributed by atoms with Gasteiger partial charge in [-0.05, 0) is 37.6 Å². The average molecular weight is 275 g/mol. The fourth-order valence-electron chi connectivity index (χ4n) is 2.01.